The number of carbonyl (C=O) groups excluding carboxylic acids is 1. The summed E-state index contributed by atoms with van der Waals surface area (Å²) in [5.74, 6) is -0.0336. The summed E-state index contributed by atoms with van der Waals surface area (Å²) in [6, 6.07) is 13.7. The molecule has 7 heteroatoms. The van der Waals surface area contributed by atoms with Crippen molar-refractivity contribution in [3.63, 3.8) is 0 Å². The Morgan fingerprint density at radius 3 is 2.50 bits per heavy atom. The maximum atomic E-state index is 13.3. The highest BCUT2D eigenvalue weighted by molar-refractivity contribution is 7.89. The number of nitrogens with zero attached hydrogens (tertiary/aromatic N) is 2. The molecule has 0 aliphatic carbocycles. The Balaban J connectivity index is 1.99. The minimum atomic E-state index is -3.76. The third-order valence-electron chi connectivity index (χ3n) is 5.19. The average Bonchev–Trinajstić information content (AvgIpc) is 2.73. The van der Waals surface area contributed by atoms with Crippen LogP contribution in [0, 0.1) is 0 Å². The van der Waals surface area contributed by atoms with Gasteiger partial charge < -0.3 is 9.64 Å². The highest BCUT2D eigenvalue weighted by Crippen LogP contribution is 2.32. The highest BCUT2D eigenvalue weighted by Gasteiger charge is 2.33. The number of ether oxygens (including phenoxy) is 1. The number of piperidine rings is 1. The van der Waals surface area contributed by atoms with Crippen LogP contribution in [-0.2, 0) is 10.0 Å². The van der Waals surface area contributed by atoms with Crippen LogP contribution >= 0.6 is 0 Å². The fraction of sp³-hybridized carbons (Fsp3) is 0.381. The van der Waals surface area contributed by atoms with Gasteiger partial charge in [0.05, 0.1) is 7.11 Å². The van der Waals surface area contributed by atoms with Gasteiger partial charge in [-0.15, -0.1) is 0 Å². The number of rotatable bonds is 5. The molecule has 28 heavy (non-hydrogen) atoms. The number of hydrogen-bond acceptors (Lipinski definition) is 4. The maximum absolute atomic E-state index is 13.3. The van der Waals surface area contributed by atoms with Gasteiger partial charge in [0.25, 0.3) is 5.91 Å². The van der Waals surface area contributed by atoms with E-state index in [0.29, 0.717) is 12.1 Å². The topological polar surface area (TPSA) is 66.9 Å². The van der Waals surface area contributed by atoms with Crippen LogP contribution in [0.5, 0.6) is 5.75 Å². The molecule has 0 aromatic heterocycles. The molecule has 6 nitrogen and oxygen atoms in total. The number of sulfonamides is 1. The first-order chi connectivity index (χ1) is 13.4. The Labute approximate surface area is 166 Å². The predicted molar refractivity (Wildman–Crippen MR) is 109 cm³/mol. The van der Waals surface area contributed by atoms with Gasteiger partial charge in [-0.05, 0) is 50.1 Å². The van der Waals surface area contributed by atoms with Crippen LogP contribution in [0.3, 0.4) is 0 Å². The summed E-state index contributed by atoms with van der Waals surface area (Å²) >= 11 is 0. The monoisotopic (exact) mass is 402 g/mol. The summed E-state index contributed by atoms with van der Waals surface area (Å²) in [4.78, 5) is 14.5. The van der Waals surface area contributed by atoms with Gasteiger partial charge in [-0.1, -0.05) is 24.6 Å². The number of para-hydroxylation sites is 1. The average molecular weight is 403 g/mol. The SMILES string of the molecule is COc1ccc(C(=O)N(C)c2ccccc2)cc1S(=O)(=O)N1CCCCC1C. The normalized spacial score (nSPS) is 17.9. The van der Waals surface area contributed by atoms with E-state index in [9.17, 15) is 13.2 Å². The molecule has 1 saturated heterocycles. The van der Waals surface area contributed by atoms with Gasteiger partial charge in [-0.3, -0.25) is 4.79 Å². The summed E-state index contributed by atoms with van der Waals surface area (Å²) in [6.45, 7) is 2.40. The molecule has 0 saturated carbocycles. The van der Waals surface area contributed by atoms with Crippen molar-refractivity contribution in [3.8, 4) is 5.75 Å². The molecule has 1 fully saturated rings. The van der Waals surface area contributed by atoms with Crippen LogP contribution in [0.2, 0.25) is 0 Å². The lowest BCUT2D eigenvalue weighted by Crippen LogP contribution is -2.42. The highest BCUT2D eigenvalue weighted by atomic mass is 32.2. The largest absolute Gasteiger partial charge is 0.495 e. The van der Waals surface area contributed by atoms with Gasteiger partial charge >= 0.3 is 0 Å². The summed E-state index contributed by atoms with van der Waals surface area (Å²) in [7, 11) is -0.657. The van der Waals surface area contributed by atoms with Crippen molar-refractivity contribution < 1.29 is 17.9 Å². The third kappa shape index (κ3) is 3.91. The second kappa shape index (κ2) is 8.32. The Kier molecular flexibility index (Phi) is 6.05. The fourth-order valence-electron chi connectivity index (χ4n) is 3.53. The smallest absolute Gasteiger partial charge is 0.258 e. The Bertz CT molecular complexity index is 944. The molecule has 0 N–H and O–H groups in total. The van der Waals surface area contributed by atoms with Crippen molar-refractivity contribution in [2.45, 2.75) is 37.1 Å². The Hall–Kier alpha value is -2.38. The van der Waals surface area contributed by atoms with Crippen LogP contribution in [-0.4, -0.2) is 45.4 Å². The Morgan fingerprint density at radius 1 is 1.14 bits per heavy atom. The van der Waals surface area contributed by atoms with Crippen molar-refractivity contribution in [3.05, 3.63) is 54.1 Å². The maximum Gasteiger partial charge on any atom is 0.258 e. The zero-order valence-corrected chi connectivity index (χ0v) is 17.3. The summed E-state index contributed by atoms with van der Waals surface area (Å²) in [5, 5.41) is 0. The van der Waals surface area contributed by atoms with E-state index in [1.807, 2.05) is 37.3 Å². The van der Waals surface area contributed by atoms with E-state index >= 15 is 0 Å². The van der Waals surface area contributed by atoms with Crippen LogP contribution in [0.25, 0.3) is 0 Å². The van der Waals surface area contributed by atoms with Gasteiger partial charge in [0.1, 0.15) is 10.6 Å². The first-order valence-corrected chi connectivity index (χ1v) is 10.8. The van der Waals surface area contributed by atoms with Crippen molar-refractivity contribution in [2.75, 3.05) is 25.6 Å². The van der Waals surface area contributed by atoms with Crippen molar-refractivity contribution in [1.82, 2.24) is 4.31 Å². The van der Waals surface area contributed by atoms with Gasteiger partial charge in [0.15, 0.2) is 0 Å². The molecule has 0 radical (unpaired) electrons. The standard InChI is InChI=1S/C21H26N2O4S/c1-16-9-7-8-14-23(16)28(25,26)20-15-17(12-13-19(20)27-3)21(24)22(2)18-10-5-4-6-11-18/h4-6,10-13,15-16H,7-9,14H2,1-3H3. The molecule has 0 spiro atoms. The van der Waals surface area contributed by atoms with Crippen LogP contribution in [0.4, 0.5) is 5.69 Å². The fourth-order valence-corrected chi connectivity index (χ4v) is 5.41. The zero-order chi connectivity index (χ0) is 20.3. The molecule has 1 heterocycles. The van der Waals surface area contributed by atoms with Crippen LogP contribution in [0.1, 0.15) is 36.5 Å². The molecule has 1 amide bonds. The van der Waals surface area contributed by atoms with E-state index in [0.717, 1.165) is 24.9 Å². The second-order valence-corrected chi connectivity index (χ2v) is 8.88. The number of methoxy groups -OCH3 is 1. The molecule has 1 unspecified atom stereocenters. The molecule has 2 aromatic rings. The summed E-state index contributed by atoms with van der Waals surface area (Å²) in [6.07, 6.45) is 2.68. The van der Waals surface area contributed by atoms with E-state index in [1.54, 1.807) is 19.2 Å². The first kappa shape index (κ1) is 20.4. The number of benzene rings is 2. The van der Waals surface area contributed by atoms with Crippen molar-refractivity contribution in [1.29, 1.82) is 0 Å². The number of anilines is 1. The predicted octanol–water partition coefficient (Wildman–Crippen LogP) is 3.53. The van der Waals surface area contributed by atoms with Gasteiger partial charge in [-0.25, -0.2) is 8.42 Å². The molecule has 1 aliphatic rings. The molecule has 150 valence electrons. The molecular weight excluding hydrogens is 376 g/mol. The molecule has 2 aromatic carbocycles. The Morgan fingerprint density at radius 2 is 1.86 bits per heavy atom. The number of carbonyl (C=O) groups is 1. The minimum absolute atomic E-state index is 0.0380. The van der Waals surface area contributed by atoms with E-state index in [-0.39, 0.29) is 22.6 Å². The number of hydrogen-bond donors (Lipinski definition) is 0. The lowest BCUT2D eigenvalue weighted by Gasteiger charge is -2.32. The number of amides is 1. The lowest BCUT2D eigenvalue weighted by molar-refractivity contribution is 0.0992. The van der Waals surface area contributed by atoms with E-state index in [1.165, 1.54) is 22.4 Å². The van der Waals surface area contributed by atoms with E-state index in [2.05, 4.69) is 0 Å². The quantitative estimate of drug-likeness (QED) is 0.767. The third-order valence-corrected chi connectivity index (χ3v) is 7.22. The summed E-state index contributed by atoms with van der Waals surface area (Å²) in [5.41, 5.74) is 1.03. The van der Waals surface area contributed by atoms with Crippen molar-refractivity contribution >= 4 is 21.6 Å². The molecule has 3 rings (SSSR count). The van der Waals surface area contributed by atoms with Crippen LogP contribution in [0.15, 0.2) is 53.4 Å². The van der Waals surface area contributed by atoms with Gasteiger partial charge in [-0.2, -0.15) is 4.31 Å². The first-order valence-electron chi connectivity index (χ1n) is 9.39. The van der Waals surface area contributed by atoms with E-state index in [4.69, 9.17) is 4.74 Å². The molecular formula is C21H26N2O4S. The lowest BCUT2D eigenvalue weighted by atomic mass is 10.1. The zero-order valence-electron chi connectivity index (χ0n) is 16.5. The molecule has 0 bridgehead atoms. The molecule has 1 atom stereocenters. The summed E-state index contributed by atoms with van der Waals surface area (Å²) < 4.78 is 33.5. The van der Waals surface area contributed by atoms with Crippen molar-refractivity contribution in [2.24, 2.45) is 0 Å². The second-order valence-electron chi connectivity index (χ2n) is 7.03. The minimum Gasteiger partial charge on any atom is -0.495 e. The van der Waals surface area contributed by atoms with Crippen LogP contribution < -0.4 is 9.64 Å². The molecule has 1 aliphatic heterocycles. The van der Waals surface area contributed by atoms with Gasteiger partial charge in [0.2, 0.25) is 10.0 Å². The van der Waals surface area contributed by atoms with Gasteiger partial charge in [0, 0.05) is 30.9 Å². The van der Waals surface area contributed by atoms with E-state index < -0.39 is 10.0 Å².